The molecule has 1 aliphatic heterocycles. The third kappa shape index (κ3) is 5.19. The van der Waals surface area contributed by atoms with Crippen LogP contribution in [-0.4, -0.2) is 64.0 Å². The molecule has 36 heavy (non-hydrogen) atoms. The molecule has 0 atom stereocenters. The summed E-state index contributed by atoms with van der Waals surface area (Å²) in [4.78, 5) is 28.3. The SMILES string of the molecule is CCNC(=O)Nc1cc(-c2nc(C)cs2)c(-c2cc(-c3nnc(C)o3)nc(N3CCOCC3)c2)cn1. The number of aryl methyl sites for hydroxylation is 2. The van der Waals surface area contributed by atoms with E-state index in [1.165, 1.54) is 11.3 Å². The van der Waals surface area contributed by atoms with Crippen LogP contribution in [0.25, 0.3) is 33.3 Å². The molecule has 12 heteroatoms. The number of ether oxygens (including phenoxy) is 1. The Kier molecular flexibility index (Phi) is 6.87. The van der Waals surface area contributed by atoms with Crippen LogP contribution in [0.1, 0.15) is 18.5 Å². The maximum atomic E-state index is 12.1. The molecular formula is C24H26N8O3S. The van der Waals surface area contributed by atoms with Crippen molar-refractivity contribution < 1.29 is 13.9 Å². The van der Waals surface area contributed by atoms with Crippen molar-refractivity contribution in [2.45, 2.75) is 20.8 Å². The summed E-state index contributed by atoms with van der Waals surface area (Å²) in [7, 11) is 0. The van der Waals surface area contributed by atoms with Crippen molar-refractivity contribution in [2.24, 2.45) is 0 Å². The molecule has 4 aromatic rings. The van der Waals surface area contributed by atoms with Gasteiger partial charge in [0.15, 0.2) is 0 Å². The predicted octanol–water partition coefficient (Wildman–Crippen LogP) is 3.91. The second kappa shape index (κ2) is 10.4. The summed E-state index contributed by atoms with van der Waals surface area (Å²) < 4.78 is 11.2. The second-order valence-electron chi connectivity index (χ2n) is 8.22. The van der Waals surface area contributed by atoms with Crippen molar-refractivity contribution >= 4 is 29.0 Å². The molecule has 1 saturated heterocycles. The van der Waals surface area contributed by atoms with E-state index in [0.29, 0.717) is 43.1 Å². The first-order valence-electron chi connectivity index (χ1n) is 11.6. The van der Waals surface area contributed by atoms with E-state index in [1.54, 1.807) is 13.1 Å². The zero-order chi connectivity index (χ0) is 25.1. The van der Waals surface area contributed by atoms with Crippen LogP contribution in [0.3, 0.4) is 0 Å². The Morgan fingerprint density at radius 2 is 1.94 bits per heavy atom. The minimum absolute atomic E-state index is 0.313. The zero-order valence-corrected chi connectivity index (χ0v) is 21.1. The first-order valence-corrected chi connectivity index (χ1v) is 12.5. The molecule has 0 spiro atoms. The van der Waals surface area contributed by atoms with Gasteiger partial charge in [0.2, 0.25) is 5.89 Å². The van der Waals surface area contributed by atoms with Gasteiger partial charge in [-0.3, -0.25) is 5.32 Å². The topological polar surface area (TPSA) is 131 Å². The van der Waals surface area contributed by atoms with Crippen LogP contribution in [0.2, 0.25) is 0 Å². The van der Waals surface area contributed by atoms with Gasteiger partial charge in [-0.25, -0.2) is 19.7 Å². The van der Waals surface area contributed by atoms with Gasteiger partial charge in [0, 0.05) is 55.0 Å². The zero-order valence-electron chi connectivity index (χ0n) is 20.2. The van der Waals surface area contributed by atoms with Gasteiger partial charge in [0.05, 0.1) is 13.2 Å². The molecule has 2 N–H and O–H groups in total. The standard InChI is InChI=1S/C24H26N8O3S/c1-4-25-24(33)29-20-11-17(23-27-14(2)13-36-23)18(12-26-20)16-9-19(22-31-30-15(3)35-22)28-21(10-16)32-5-7-34-8-6-32/h9-13H,4-8H2,1-3H3,(H2,25,26,29,33). The number of carbonyl (C=O) groups is 1. The minimum Gasteiger partial charge on any atom is -0.420 e. The highest BCUT2D eigenvalue weighted by molar-refractivity contribution is 7.13. The Morgan fingerprint density at radius 1 is 1.11 bits per heavy atom. The normalized spacial score (nSPS) is 13.6. The number of urea groups is 1. The van der Waals surface area contributed by atoms with Crippen LogP contribution in [0.4, 0.5) is 16.4 Å². The summed E-state index contributed by atoms with van der Waals surface area (Å²) in [5.41, 5.74) is 4.06. The van der Waals surface area contributed by atoms with Gasteiger partial charge in [-0.15, -0.1) is 21.5 Å². The number of hydrogen-bond acceptors (Lipinski definition) is 10. The monoisotopic (exact) mass is 506 g/mol. The van der Waals surface area contributed by atoms with E-state index in [-0.39, 0.29) is 6.03 Å². The molecule has 0 bridgehead atoms. The van der Waals surface area contributed by atoms with E-state index in [4.69, 9.17) is 19.1 Å². The first-order chi connectivity index (χ1) is 17.5. The van der Waals surface area contributed by atoms with E-state index < -0.39 is 0 Å². The molecular weight excluding hydrogens is 480 g/mol. The molecule has 2 amide bonds. The van der Waals surface area contributed by atoms with E-state index in [1.807, 2.05) is 37.4 Å². The number of hydrogen-bond donors (Lipinski definition) is 2. The lowest BCUT2D eigenvalue weighted by molar-refractivity contribution is 0.122. The summed E-state index contributed by atoms with van der Waals surface area (Å²) in [5, 5.41) is 16.5. The molecule has 0 unspecified atom stereocenters. The molecule has 0 saturated carbocycles. The average Bonchev–Trinajstić information content (AvgIpc) is 3.52. The maximum Gasteiger partial charge on any atom is 0.320 e. The number of aromatic nitrogens is 5. The highest BCUT2D eigenvalue weighted by Gasteiger charge is 2.20. The average molecular weight is 507 g/mol. The first kappa shape index (κ1) is 23.8. The Morgan fingerprint density at radius 3 is 2.64 bits per heavy atom. The molecule has 5 rings (SSSR count). The number of anilines is 2. The van der Waals surface area contributed by atoms with E-state index >= 15 is 0 Å². The van der Waals surface area contributed by atoms with Crippen LogP contribution in [0.5, 0.6) is 0 Å². The van der Waals surface area contributed by atoms with Crippen molar-refractivity contribution in [1.82, 2.24) is 30.5 Å². The van der Waals surface area contributed by atoms with Gasteiger partial charge in [-0.05, 0) is 37.6 Å². The fraction of sp³-hybridized carbons (Fsp3) is 0.333. The minimum atomic E-state index is -0.313. The number of rotatable bonds is 6. The van der Waals surface area contributed by atoms with Crippen LogP contribution in [-0.2, 0) is 4.74 Å². The Labute approximate surface area is 212 Å². The summed E-state index contributed by atoms with van der Waals surface area (Å²) >= 11 is 1.53. The van der Waals surface area contributed by atoms with E-state index in [2.05, 4.69) is 30.7 Å². The van der Waals surface area contributed by atoms with Crippen molar-refractivity contribution in [3.8, 4) is 33.3 Å². The van der Waals surface area contributed by atoms with Gasteiger partial charge >= 0.3 is 6.03 Å². The number of carbonyl (C=O) groups excluding carboxylic acids is 1. The van der Waals surface area contributed by atoms with E-state index in [9.17, 15) is 4.79 Å². The van der Waals surface area contributed by atoms with Crippen molar-refractivity contribution in [2.75, 3.05) is 43.1 Å². The van der Waals surface area contributed by atoms with Gasteiger partial charge in [-0.2, -0.15) is 0 Å². The summed E-state index contributed by atoms with van der Waals surface area (Å²) in [6.07, 6.45) is 1.74. The highest BCUT2D eigenvalue weighted by Crippen LogP contribution is 2.37. The van der Waals surface area contributed by atoms with Crippen LogP contribution >= 0.6 is 11.3 Å². The van der Waals surface area contributed by atoms with Crippen molar-refractivity contribution in [3.05, 3.63) is 41.4 Å². The largest absolute Gasteiger partial charge is 0.420 e. The lowest BCUT2D eigenvalue weighted by atomic mass is 10.0. The molecule has 0 aromatic carbocycles. The molecule has 1 aliphatic rings. The van der Waals surface area contributed by atoms with Gasteiger partial charge in [0.1, 0.15) is 22.3 Å². The highest BCUT2D eigenvalue weighted by atomic mass is 32.1. The van der Waals surface area contributed by atoms with Gasteiger partial charge in [0.25, 0.3) is 5.89 Å². The lowest BCUT2D eigenvalue weighted by Crippen LogP contribution is -2.36. The number of nitrogens with one attached hydrogen (secondary N) is 2. The van der Waals surface area contributed by atoms with Crippen LogP contribution < -0.4 is 15.5 Å². The Balaban J connectivity index is 1.64. The predicted molar refractivity (Wildman–Crippen MR) is 137 cm³/mol. The summed E-state index contributed by atoms with van der Waals surface area (Å²) in [6.45, 7) is 8.79. The van der Waals surface area contributed by atoms with Crippen LogP contribution in [0, 0.1) is 13.8 Å². The summed E-state index contributed by atoms with van der Waals surface area (Å²) in [6, 6.07) is 5.46. The third-order valence-electron chi connectivity index (χ3n) is 5.54. The molecule has 4 aromatic heterocycles. The Bertz CT molecular complexity index is 1380. The van der Waals surface area contributed by atoms with Crippen molar-refractivity contribution in [3.63, 3.8) is 0 Å². The molecule has 5 heterocycles. The quantitative estimate of drug-likeness (QED) is 0.399. The van der Waals surface area contributed by atoms with Crippen molar-refractivity contribution in [1.29, 1.82) is 0 Å². The van der Waals surface area contributed by atoms with Crippen LogP contribution in [0.15, 0.2) is 34.2 Å². The molecule has 0 aliphatic carbocycles. The third-order valence-corrected chi connectivity index (χ3v) is 6.53. The molecule has 1 fully saturated rings. The second-order valence-corrected chi connectivity index (χ2v) is 9.08. The lowest BCUT2D eigenvalue weighted by Gasteiger charge is -2.28. The Hall–Kier alpha value is -3.90. The number of nitrogens with zero attached hydrogens (tertiary/aromatic N) is 6. The smallest absolute Gasteiger partial charge is 0.320 e. The molecule has 0 radical (unpaired) electrons. The number of pyridine rings is 2. The fourth-order valence-electron chi connectivity index (χ4n) is 3.87. The summed E-state index contributed by atoms with van der Waals surface area (Å²) in [5.74, 6) is 2.03. The molecule has 186 valence electrons. The molecule has 11 nitrogen and oxygen atoms in total. The fourth-order valence-corrected chi connectivity index (χ4v) is 4.69. The number of thiazole rings is 1. The van der Waals surface area contributed by atoms with Gasteiger partial charge in [-0.1, -0.05) is 0 Å². The number of morpholine rings is 1. The van der Waals surface area contributed by atoms with Gasteiger partial charge < -0.3 is 19.4 Å². The van der Waals surface area contributed by atoms with E-state index in [0.717, 1.165) is 46.3 Å². The maximum absolute atomic E-state index is 12.1. The number of amides is 2.